The summed E-state index contributed by atoms with van der Waals surface area (Å²) in [6.07, 6.45) is -0.257. The molecule has 0 bridgehead atoms. The van der Waals surface area contributed by atoms with Crippen molar-refractivity contribution >= 4 is 11.6 Å². The van der Waals surface area contributed by atoms with Crippen molar-refractivity contribution in [2.45, 2.75) is 12.5 Å². The minimum absolute atomic E-state index is 0.388. The Hall–Kier alpha value is -0.970. The third-order valence-electron chi connectivity index (χ3n) is 2.27. The fourth-order valence-corrected chi connectivity index (χ4v) is 1.74. The fraction of sp³-hybridized carbons (Fsp3) is 0.455. The van der Waals surface area contributed by atoms with Crippen LogP contribution in [0.15, 0.2) is 12.1 Å². The molecule has 0 aliphatic carbocycles. The molecule has 0 spiro atoms. The van der Waals surface area contributed by atoms with Crippen LogP contribution in [0.4, 0.5) is 0 Å². The van der Waals surface area contributed by atoms with Gasteiger partial charge < -0.3 is 20.3 Å². The molecule has 0 saturated heterocycles. The Morgan fingerprint density at radius 2 is 2.06 bits per heavy atom. The Morgan fingerprint density at radius 1 is 1.38 bits per heavy atom. The zero-order valence-corrected chi connectivity index (χ0v) is 10.1. The van der Waals surface area contributed by atoms with Crippen LogP contribution in [-0.4, -0.2) is 25.9 Å². The number of benzene rings is 1. The molecule has 4 nitrogen and oxygen atoms in total. The second kappa shape index (κ2) is 5.94. The van der Waals surface area contributed by atoms with Gasteiger partial charge in [-0.05, 0) is 19.0 Å². The van der Waals surface area contributed by atoms with Gasteiger partial charge in [0.1, 0.15) is 0 Å². The molecule has 0 aromatic heterocycles. The number of nitrogens with two attached hydrogens (primary N) is 1. The Kier molecular flexibility index (Phi) is 4.86. The number of hydrogen-bond acceptors (Lipinski definition) is 4. The molecule has 0 radical (unpaired) electrons. The van der Waals surface area contributed by atoms with Gasteiger partial charge in [0.25, 0.3) is 0 Å². The third kappa shape index (κ3) is 2.78. The minimum Gasteiger partial charge on any atom is -0.493 e. The van der Waals surface area contributed by atoms with Crippen LogP contribution in [0.3, 0.4) is 0 Å². The molecule has 1 atom stereocenters. The van der Waals surface area contributed by atoms with E-state index in [2.05, 4.69) is 0 Å². The standard InChI is InChI=1S/C11H16ClNO3/c1-15-10-6-7(12)5-8(11(10)16-2)9(14)3-4-13/h5-6,9,14H,3-4,13H2,1-2H3. The number of hydrogen-bond donors (Lipinski definition) is 2. The van der Waals surface area contributed by atoms with E-state index in [1.165, 1.54) is 14.2 Å². The summed E-state index contributed by atoms with van der Waals surface area (Å²) in [5, 5.41) is 10.4. The van der Waals surface area contributed by atoms with Gasteiger partial charge in [-0.25, -0.2) is 0 Å². The number of aliphatic hydroxyl groups is 1. The summed E-state index contributed by atoms with van der Waals surface area (Å²) < 4.78 is 10.3. The first-order chi connectivity index (χ1) is 7.63. The average molecular weight is 246 g/mol. The van der Waals surface area contributed by atoms with Crippen LogP contribution in [0.5, 0.6) is 11.5 Å². The minimum atomic E-state index is -0.701. The molecule has 1 aromatic rings. The number of halogens is 1. The highest BCUT2D eigenvalue weighted by molar-refractivity contribution is 6.30. The van der Waals surface area contributed by atoms with Gasteiger partial charge in [0.05, 0.1) is 20.3 Å². The van der Waals surface area contributed by atoms with Crippen LogP contribution in [0.2, 0.25) is 5.02 Å². The first kappa shape index (κ1) is 13.1. The summed E-state index contributed by atoms with van der Waals surface area (Å²) >= 11 is 5.92. The van der Waals surface area contributed by atoms with Crippen LogP contribution < -0.4 is 15.2 Å². The topological polar surface area (TPSA) is 64.7 Å². The van der Waals surface area contributed by atoms with Gasteiger partial charge in [-0.2, -0.15) is 0 Å². The smallest absolute Gasteiger partial charge is 0.166 e. The Labute approximate surface area is 99.9 Å². The van der Waals surface area contributed by atoms with Gasteiger partial charge in [-0.3, -0.25) is 0 Å². The lowest BCUT2D eigenvalue weighted by atomic mass is 10.0. The number of rotatable bonds is 5. The number of methoxy groups -OCH3 is 2. The molecule has 16 heavy (non-hydrogen) atoms. The molecule has 90 valence electrons. The van der Waals surface area contributed by atoms with Gasteiger partial charge in [-0.15, -0.1) is 0 Å². The van der Waals surface area contributed by atoms with Crippen LogP contribution in [0, 0.1) is 0 Å². The summed E-state index contributed by atoms with van der Waals surface area (Å²) in [6, 6.07) is 3.29. The fourth-order valence-electron chi connectivity index (χ4n) is 1.52. The van der Waals surface area contributed by atoms with E-state index < -0.39 is 6.10 Å². The zero-order valence-electron chi connectivity index (χ0n) is 9.37. The van der Waals surface area contributed by atoms with Crippen LogP contribution in [0.1, 0.15) is 18.1 Å². The van der Waals surface area contributed by atoms with Crippen molar-refractivity contribution < 1.29 is 14.6 Å². The molecule has 0 aliphatic rings. The molecule has 0 heterocycles. The van der Waals surface area contributed by atoms with Gasteiger partial charge in [0, 0.05) is 16.7 Å². The summed E-state index contributed by atoms with van der Waals surface area (Å²) in [7, 11) is 3.04. The molecule has 3 N–H and O–H groups in total. The van der Waals surface area contributed by atoms with E-state index in [-0.39, 0.29) is 0 Å². The average Bonchev–Trinajstić information content (AvgIpc) is 2.28. The highest BCUT2D eigenvalue weighted by Gasteiger charge is 2.17. The molecule has 0 aliphatic heterocycles. The van der Waals surface area contributed by atoms with Crippen molar-refractivity contribution in [1.82, 2.24) is 0 Å². The molecular formula is C11H16ClNO3. The Morgan fingerprint density at radius 3 is 2.56 bits per heavy atom. The number of aliphatic hydroxyl groups excluding tert-OH is 1. The SMILES string of the molecule is COc1cc(Cl)cc(C(O)CCN)c1OC. The lowest BCUT2D eigenvalue weighted by Gasteiger charge is -2.17. The second-order valence-electron chi connectivity index (χ2n) is 3.32. The first-order valence-electron chi connectivity index (χ1n) is 4.93. The van der Waals surface area contributed by atoms with Gasteiger partial charge in [0.2, 0.25) is 0 Å². The maximum atomic E-state index is 9.90. The van der Waals surface area contributed by atoms with E-state index in [1.54, 1.807) is 12.1 Å². The van der Waals surface area contributed by atoms with Crippen molar-refractivity contribution in [1.29, 1.82) is 0 Å². The van der Waals surface area contributed by atoms with Gasteiger partial charge in [-0.1, -0.05) is 11.6 Å². The first-order valence-corrected chi connectivity index (χ1v) is 5.31. The van der Waals surface area contributed by atoms with E-state index in [1.807, 2.05) is 0 Å². The third-order valence-corrected chi connectivity index (χ3v) is 2.49. The maximum Gasteiger partial charge on any atom is 0.166 e. The molecule has 1 rings (SSSR count). The van der Waals surface area contributed by atoms with Crippen molar-refractivity contribution in [3.63, 3.8) is 0 Å². The molecule has 0 amide bonds. The summed E-state index contributed by atoms with van der Waals surface area (Å²) in [4.78, 5) is 0. The normalized spacial score (nSPS) is 12.3. The van der Waals surface area contributed by atoms with Crippen LogP contribution in [-0.2, 0) is 0 Å². The largest absolute Gasteiger partial charge is 0.493 e. The van der Waals surface area contributed by atoms with E-state index >= 15 is 0 Å². The van der Waals surface area contributed by atoms with Crippen molar-refractivity contribution in [2.75, 3.05) is 20.8 Å². The number of ether oxygens (including phenoxy) is 2. The quantitative estimate of drug-likeness (QED) is 0.829. The van der Waals surface area contributed by atoms with E-state index in [0.29, 0.717) is 35.1 Å². The van der Waals surface area contributed by atoms with E-state index in [9.17, 15) is 5.11 Å². The van der Waals surface area contributed by atoms with E-state index in [0.717, 1.165) is 0 Å². The lowest BCUT2D eigenvalue weighted by molar-refractivity contribution is 0.165. The highest BCUT2D eigenvalue weighted by atomic mass is 35.5. The Bertz CT molecular complexity index is 357. The summed E-state index contributed by atoms with van der Waals surface area (Å²) in [5.74, 6) is 0.994. The monoisotopic (exact) mass is 245 g/mol. The van der Waals surface area contributed by atoms with E-state index in [4.69, 9.17) is 26.8 Å². The molecule has 1 unspecified atom stereocenters. The van der Waals surface area contributed by atoms with Crippen LogP contribution in [0.25, 0.3) is 0 Å². The predicted molar refractivity (Wildman–Crippen MR) is 63.2 cm³/mol. The zero-order chi connectivity index (χ0) is 12.1. The molecule has 1 aromatic carbocycles. The van der Waals surface area contributed by atoms with Crippen molar-refractivity contribution in [3.8, 4) is 11.5 Å². The Balaban J connectivity index is 3.19. The van der Waals surface area contributed by atoms with Gasteiger partial charge in [0.15, 0.2) is 11.5 Å². The highest BCUT2D eigenvalue weighted by Crippen LogP contribution is 2.38. The van der Waals surface area contributed by atoms with Crippen molar-refractivity contribution in [2.24, 2.45) is 5.73 Å². The molecule has 0 fully saturated rings. The summed E-state index contributed by atoms with van der Waals surface area (Å²) in [5.41, 5.74) is 6.00. The summed E-state index contributed by atoms with van der Waals surface area (Å²) in [6.45, 7) is 0.388. The lowest BCUT2D eigenvalue weighted by Crippen LogP contribution is -2.08. The maximum absolute atomic E-state index is 9.90. The predicted octanol–water partition coefficient (Wildman–Crippen LogP) is 1.74. The van der Waals surface area contributed by atoms with Crippen molar-refractivity contribution in [3.05, 3.63) is 22.7 Å². The van der Waals surface area contributed by atoms with Gasteiger partial charge >= 0.3 is 0 Å². The molecule has 5 heteroatoms. The second-order valence-corrected chi connectivity index (χ2v) is 3.76. The molecular weight excluding hydrogens is 230 g/mol. The van der Waals surface area contributed by atoms with Crippen LogP contribution >= 0.6 is 11.6 Å². The molecule has 0 saturated carbocycles.